The third-order valence-electron chi connectivity index (χ3n) is 3.80. The first-order valence-electron chi connectivity index (χ1n) is 6.67. The van der Waals surface area contributed by atoms with Crippen molar-refractivity contribution in [2.24, 2.45) is 0 Å². The molecule has 0 aliphatic heterocycles. The second kappa shape index (κ2) is 6.66. The van der Waals surface area contributed by atoms with Gasteiger partial charge in [-0.25, -0.2) is 9.18 Å². The van der Waals surface area contributed by atoms with Crippen molar-refractivity contribution >= 4 is 12.0 Å². The summed E-state index contributed by atoms with van der Waals surface area (Å²) in [4.78, 5) is 12.5. The molecule has 1 aromatic rings. The van der Waals surface area contributed by atoms with Gasteiger partial charge < -0.3 is 5.11 Å². The lowest BCUT2D eigenvalue weighted by Gasteiger charge is -2.34. The number of benzene rings is 1. The van der Waals surface area contributed by atoms with E-state index in [1.54, 1.807) is 12.1 Å². The average molecular weight is 279 g/mol. The van der Waals surface area contributed by atoms with Crippen molar-refractivity contribution in [1.82, 2.24) is 4.90 Å². The Balaban J connectivity index is 2.86. The van der Waals surface area contributed by atoms with E-state index in [4.69, 9.17) is 5.11 Å². The first kappa shape index (κ1) is 16.4. The number of nitrogens with zero attached hydrogens (tertiary/aromatic N) is 1. The highest BCUT2D eigenvalue weighted by Crippen LogP contribution is 2.21. The zero-order valence-electron chi connectivity index (χ0n) is 12.5. The van der Waals surface area contributed by atoms with Crippen LogP contribution in [0.3, 0.4) is 0 Å². The van der Waals surface area contributed by atoms with Crippen LogP contribution < -0.4 is 0 Å². The standard InChI is InChI=1S/C16H22FNO2/c1-5-16(2,3)18(4)11-13-8-6-12(10-14(13)17)7-9-15(19)20/h6-10H,5,11H2,1-4H3,(H,19,20). The molecule has 0 aliphatic carbocycles. The van der Waals surface area contributed by atoms with Crippen molar-refractivity contribution < 1.29 is 14.3 Å². The molecular weight excluding hydrogens is 257 g/mol. The maximum Gasteiger partial charge on any atom is 0.328 e. The predicted octanol–water partition coefficient (Wildman–Crippen LogP) is 3.54. The molecule has 0 unspecified atom stereocenters. The van der Waals surface area contributed by atoms with Crippen molar-refractivity contribution in [1.29, 1.82) is 0 Å². The number of hydrogen-bond donors (Lipinski definition) is 1. The molecule has 0 spiro atoms. The van der Waals surface area contributed by atoms with E-state index in [0.29, 0.717) is 17.7 Å². The molecule has 0 aromatic heterocycles. The molecule has 3 nitrogen and oxygen atoms in total. The van der Waals surface area contributed by atoms with E-state index in [1.807, 2.05) is 7.05 Å². The minimum Gasteiger partial charge on any atom is -0.478 e. The fraction of sp³-hybridized carbons (Fsp3) is 0.438. The molecule has 1 aromatic carbocycles. The lowest BCUT2D eigenvalue weighted by atomic mass is 9.99. The summed E-state index contributed by atoms with van der Waals surface area (Å²) in [5.41, 5.74) is 1.17. The van der Waals surface area contributed by atoms with Crippen LogP contribution in [0, 0.1) is 5.82 Å². The molecule has 1 N–H and O–H groups in total. The van der Waals surface area contributed by atoms with Gasteiger partial charge in [0.25, 0.3) is 0 Å². The maximum atomic E-state index is 14.0. The summed E-state index contributed by atoms with van der Waals surface area (Å²) in [5.74, 6) is -1.35. The molecule has 0 amide bonds. The van der Waals surface area contributed by atoms with Gasteiger partial charge in [0, 0.05) is 23.7 Å². The largest absolute Gasteiger partial charge is 0.478 e. The number of carbonyl (C=O) groups is 1. The lowest BCUT2D eigenvalue weighted by molar-refractivity contribution is -0.131. The zero-order valence-corrected chi connectivity index (χ0v) is 12.5. The van der Waals surface area contributed by atoms with Crippen LogP contribution in [-0.4, -0.2) is 28.6 Å². The normalized spacial score (nSPS) is 12.3. The molecule has 0 bridgehead atoms. The van der Waals surface area contributed by atoms with E-state index in [9.17, 15) is 9.18 Å². The van der Waals surface area contributed by atoms with E-state index in [2.05, 4.69) is 25.7 Å². The SMILES string of the molecule is CCC(C)(C)N(C)Cc1ccc(C=CC(=O)O)cc1F. The summed E-state index contributed by atoms with van der Waals surface area (Å²) in [6, 6.07) is 4.80. The number of halogens is 1. The Morgan fingerprint density at radius 1 is 1.45 bits per heavy atom. The van der Waals surface area contributed by atoms with Gasteiger partial charge in [0.1, 0.15) is 5.82 Å². The van der Waals surface area contributed by atoms with E-state index >= 15 is 0 Å². The van der Waals surface area contributed by atoms with Crippen LogP contribution >= 0.6 is 0 Å². The minimum absolute atomic E-state index is 0.00826. The second-order valence-corrected chi connectivity index (χ2v) is 5.54. The summed E-state index contributed by atoms with van der Waals surface area (Å²) in [7, 11) is 1.97. The molecule has 0 heterocycles. The van der Waals surface area contributed by atoms with Gasteiger partial charge in [-0.05, 0) is 45.0 Å². The molecular formula is C16H22FNO2. The molecule has 0 saturated heterocycles. The monoisotopic (exact) mass is 279 g/mol. The molecule has 20 heavy (non-hydrogen) atoms. The van der Waals surface area contributed by atoms with Gasteiger partial charge in [-0.3, -0.25) is 4.90 Å². The molecule has 0 saturated carbocycles. The Morgan fingerprint density at radius 2 is 2.10 bits per heavy atom. The molecule has 4 heteroatoms. The summed E-state index contributed by atoms with van der Waals surface area (Å²) >= 11 is 0. The quantitative estimate of drug-likeness (QED) is 0.810. The van der Waals surface area contributed by atoms with Crippen molar-refractivity contribution in [2.45, 2.75) is 39.3 Å². The Labute approximate surface area is 119 Å². The van der Waals surface area contributed by atoms with Crippen LogP contribution in [0.1, 0.15) is 38.3 Å². The molecule has 110 valence electrons. The van der Waals surface area contributed by atoms with Crippen molar-refractivity contribution in [3.63, 3.8) is 0 Å². The van der Waals surface area contributed by atoms with Crippen molar-refractivity contribution in [3.05, 3.63) is 41.2 Å². The highest BCUT2D eigenvalue weighted by Gasteiger charge is 2.21. The van der Waals surface area contributed by atoms with Gasteiger partial charge in [0.05, 0.1) is 0 Å². The topological polar surface area (TPSA) is 40.5 Å². The minimum atomic E-state index is -1.04. The number of rotatable bonds is 6. The zero-order chi connectivity index (χ0) is 15.3. The van der Waals surface area contributed by atoms with E-state index in [0.717, 1.165) is 12.5 Å². The van der Waals surface area contributed by atoms with Crippen LogP contribution in [0.4, 0.5) is 4.39 Å². The number of carboxylic acids is 1. The highest BCUT2D eigenvalue weighted by atomic mass is 19.1. The Morgan fingerprint density at radius 3 is 2.60 bits per heavy atom. The molecule has 0 atom stereocenters. The number of carboxylic acid groups (broad SMARTS) is 1. The summed E-state index contributed by atoms with van der Waals surface area (Å²) < 4.78 is 14.0. The van der Waals surface area contributed by atoms with Crippen LogP contribution in [0.15, 0.2) is 24.3 Å². The fourth-order valence-electron chi connectivity index (χ4n) is 1.70. The summed E-state index contributed by atoms with van der Waals surface area (Å²) in [6.07, 6.45) is 3.36. The maximum absolute atomic E-state index is 14.0. The fourth-order valence-corrected chi connectivity index (χ4v) is 1.70. The van der Waals surface area contributed by atoms with Crippen molar-refractivity contribution in [3.8, 4) is 0 Å². The van der Waals surface area contributed by atoms with E-state index < -0.39 is 5.97 Å². The first-order chi connectivity index (χ1) is 9.26. The predicted molar refractivity (Wildman–Crippen MR) is 78.9 cm³/mol. The van der Waals surface area contributed by atoms with Gasteiger partial charge in [-0.1, -0.05) is 19.1 Å². The highest BCUT2D eigenvalue weighted by molar-refractivity contribution is 5.85. The van der Waals surface area contributed by atoms with E-state index in [-0.39, 0.29) is 11.4 Å². The number of aliphatic carboxylic acids is 1. The van der Waals surface area contributed by atoms with E-state index in [1.165, 1.54) is 12.1 Å². The average Bonchev–Trinajstić information content (AvgIpc) is 2.38. The third kappa shape index (κ3) is 4.46. The molecule has 1 rings (SSSR count). The van der Waals surface area contributed by atoms with Gasteiger partial charge >= 0.3 is 5.97 Å². The Bertz CT molecular complexity index is 509. The van der Waals surface area contributed by atoms with Crippen LogP contribution in [0.2, 0.25) is 0 Å². The smallest absolute Gasteiger partial charge is 0.328 e. The van der Waals surface area contributed by atoms with Crippen LogP contribution in [-0.2, 0) is 11.3 Å². The molecule has 0 aliphatic rings. The molecule has 0 radical (unpaired) electrons. The van der Waals surface area contributed by atoms with Gasteiger partial charge in [-0.15, -0.1) is 0 Å². The third-order valence-corrected chi connectivity index (χ3v) is 3.80. The Kier molecular flexibility index (Phi) is 5.45. The second-order valence-electron chi connectivity index (χ2n) is 5.54. The van der Waals surface area contributed by atoms with Gasteiger partial charge in [0.2, 0.25) is 0 Å². The van der Waals surface area contributed by atoms with Gasteiger partial charge in [0.15, 0.2) is 0 Å². The van der Waals surface area contributed by atoms with Crippen molar-refractivity contribution in [2.75, 3.05) is 7.05 Å². The summed E-state index contributed by atoms with van der Waals surface area (Å²) in [5, 5.41) is 8.55. The lowest BCUT2D eigenvalue weighted by Crippen LogP contribution is -2.39. The Hall–Kier alpha value is -1.68. The summed E-state index contributed by atoms with van der Waals surface area (Å²) in [6.45, 7) is 6.87. The van der Waals surface area contributed by atoms with Gasteiger partial charge in [-0.2, -0.15) is 0 Å². The first-order valence-corrected chi connectivity index (χ1v) is 6.67. The van der Waals surface area contributed by atoms with Crippen LogP contribution in [0.5, 0.6) is 0 Å². The number of hydrogen-bond acceptors (Lipinski definition) is 2. The molecule has 0 fully saturated rings. The van der Waals surface area contributed by atoms with Crippen LogP contribution in [0.25, 0.3) is 6.08 Å².